The predicted octanol–water partition coefficient (Wildman–Crippen LogP) is 2.65. The number of methoxy groups -OCH3 is 1. The summed E-state index contributed by atoms with van der Waals surface area (Å²) in [5.41, 5.74) is 6.78. The molecule has 1 aromatic carbocycles. The Morgan fingerprint density at radius 3 is 2.70 bits per heavy atom. The second-order valence-corrected chi connectivity index (χ2v) is 5.27. The van der Waals surface area contributed by atoms with E-state index in [1.165, 1.54) is 12.8 Å². The molecule has 0 radical (unpaired) electrons. The molecule has 1 unspecified atom stereocenters. The van der Waals surface area contributed by atoms with E-state index in [4.69, 9.17) is 15.2 Å². The lowest BCUT2D eigenvalue weighted by atomic mass is 9.96. The number of carbonyl (C=O) groups is 1. The van der Waals surface area contributed by atoms with Crippen molar-refractivity contribution in [1.29, 1.82) is 0 Å². The van der Waals surface area contributed by atoms with E-state index in [0.29, 0.717) is 13.0 Å². The van der Waals surface area contributed by atoms with Crippen molar-refractivity contribution in [1.82, 2.24) is 0 Å². The van der Waals surface area contributed by atoms with E-state index in [9.17, 15) is 4.79 Å². The molecule has 0 bridgehead atoms. The summed E-state index contributed by atoms with van der Waals surface area (Å²) in [6.45, 7) is 0.452. The summed E-state index contributed by atoms with van der Waals surface area (Å²) in [4.78, 5) is 10.7. The Kier molecular flexibility index (Phi) is 5.41. The van der Waals surface area contributed by atoms with Gasteiger partial charge in [0.2, 0.25) is 0 Å². The number of hydrogen-bond acceptors (Lipinski definition) is 4. The largest absolute Gasteiger partial charge is 0.493 e. The fourth-order valence-corrected chi connectivity index (χ4v) is 2.71. The molecule has 1 aromatic rings. The standard InChI is InChI=1S/C16H23NO3/c1-19-15-7-6-12(13(11-17)8-9-18)10-16(15)20-14-4-2-3-5-14/h6-7,9-10,13-14H,2-5,8,11,17H2,1H3. The predicted molar refractivity (Wildman–Crippen MR) is 78.4 cm³/mol. The first-order valence-electron chi connectivity index (χ1n) is 7.26. The van der Waals surface area contributed by atoms with Gasteiger partial charge in [0.25, 0.3) is 0 Å². The highest BCUT2D eigenvalue weighted by molar-refractivity contribution is 5.53. The van der Waals surface area contributed by atoms with Crippen LogP contribution in [0.15, 0.2) is 18.2 Å². The third kappa shape index (κ3) is 3.51. The molecule has 110 valence electrons. The van der Waals surface area contributed by atoms with E-state index in [2.05, 4.69) is 0 Å². The Labute approximate surface area is 120 Å². The molecule has 1 atom stereocenters. The molecule has 2 N–H and O–H groups in total. The van der Waals surface area contributed by atoms with Crippen LogP contribution in [0.3, 0.4) is 0 Å². The Morgan fingerprint density at radius 2 is 2.10 bits per heavy atom. The topological polar surface area (TPSA) is 61.5 Å². The van der Waals surface area contributed by atoms with Crippen molar-refractivity contribution in [2.75, 3.05) is 13.7 Å². The van der Waals surface area contributed by atoms with Crippen molar-refractivity contribution < 1.29 is 14.3 Å². The fourth-order valence-electron chi connectivity index (χ4n) is 2.71. The minimum absolute atomic E-state index is 0.0457. The SMILES string of the molecule is COc1ccc(C(CN)CC=O)cc1OC1CCCC1. The van der Waals surface area contributed by atoms with Gasteiger partial charge >= 0.3 is 0 Å². The zero-order chi connectivity index (χ0) is 14.4. The van der Waals surface area contributed by atoms with Gasteiger partial charge in [-0.25, -0.2) is 0 Å². The molecule has 0 spiro atoms. The first kappa shape index (κ1) is 14.9. The summed E-state index contributed by atoms with van der Waals surface area (Å²) in [5, 5.41) is 0. The summed E-state index contributed by atoms with van der Waals surface area (Å²) in [6.07, 6.45) is 6.28. The van der Waals surface area contributed by atoms with Gasteiger partial charge in [0, 0.05) is 12.3 Å². The molecule has 1 aliphatic carbocycles. The van der Waals surface area contributed by atoms with Crippen molar-refractivity contribution in [2.24, 2.45) is 5.73 Å². The molecular weight excluding hydrogens is 254 g/mol. The Bertz CT molecular complexity index is 441. The van der Waals surface area contributed by atoms with Gasteiger partial charge in [0.1, 0.15) is 6.29 Å². The van der Waals surface area contributed by atoms with Gasteiger partial charge in [-0.2, -0.15) is 0 Å². The molecule has 0 amide bonds. The Morgan fingerprint density at radius 1 is 1.35 bits per heavy atom. The van der Waals surface area contributed by atoms with E-state index < -0.39 is 0 Å². The van der Waals surface area contributed by atoms with Gasteiger partial charge in [-0.15, -0.1) is 0 Å². The van der Waals surface area contributed by atoms with Crippen LogP contribution < -0.4 is 15.2 Å². The van der Waals surface area contributed by atoms with Gasteiger partial charge in [-0.1, -0.05) is 6.07 Å². The van der Waals surface area contributed by atoms with E-state index in [1.807, 2.05) is 18.2 Å². The van der Waals surface area contributed by atoms with E-state index in [0.717, 1.165) is 36.2 Å². The van der Waals surface area contributed by atoms with Crippen molar-refractivity contribution in [2.45, 2.75) is 44.1 Å². The third-order valence-electron chi connectivity index (χ3n) is 3.92. The van der Waals surface area contributed by atoms with Crippen LogP contribution in [-0.4, -0.2) is 26.0 Å². The summed E-state index contributed by atoms with van der Waals surface area (Å²) in [5.74, 6) is 1.55. The molecule has 1 aliphatic rings. The highest BCUT2D eigenvalue weighted by Gasteiger charge is 2.19. The van der Waals surface area contributed by atoms with Gasteiger partial charge in [0.05, 0.1) is 13.2 Å². The maximum Gasteiger partial charge on any atom is 0.161 e. The Hall–Kier alpha value is -1.55. The number of ether oxygens (including phenoxy) is 2. The summed E-state index contributed by atoms with van der Waals surface area (Å²) < 4.78 is 11.4. The molecule has 1 fully saturated rings. The zero-order valence-electron chi connectivity index (χ0n) is 12.0. The van der Waals surface area contributed by atoms with Gasteiger partial charge < -0.3 is 20.0 Å². The van der Waals surface area contributed by atoms with Gasteiger partial charge in [0.15, 0.2) is 11.5 Å². The maximum absolute atomic E-state index is 10.7. The third-order valence-corrected chi connectivity index (χ3v) is 3.92. The summed E-state index contributed by atoms with van der Waals surface area (Å²) >= 11 is 0. The van der Waals surface area contributed by atoms with Crippen LogP contribution in [0, 0.1) is 0 Å². The highest BCUT2D eigenvalue weighted by Crippen LogP contribution is 2.34. The van der Waals surface area contributed by atoms with Crippen molar-refractivity contribution in [3.8, 4) is 11.5 Å². The highest BCUT2D eigenvalue weighted by atomic mass is 16.5. The number of aldehydes is 1. The van der Waals surface area contributed by atoms with Crippen LogP contribution in [0.1, 0.15) is 43.6 Å². The lowest BCUT2D eigenvalue weighted by molar-refractivity contribution is -0.108. The number of carbonyl (C=O) groups excluding carboxylic acids is 1. The zero-order valence-corrected chi connectivity index (χ0v) is 12.0. The molecule has 0 aliphatic heterocycles. The normalized spacial score (nSPS) is 16.9. The lowest BCUT2D eigenvalue weighted by Crippen LogP contribution is -2.15. The minimum atomic E-state index is 0.0457. The molecule has 2 rings (SSSR count). The second kappa shape index (κ2) is 7.29. The fraction of sp³-hybridized carbons (Fsp3) is 0.562. The number of hydrogen-bond donors (Lipinski definition) is 1. The minimum Gasteiger partial charge on any atom is -0.493 e. The van der Waals surface area contributed by atoms with Crippen LogP contribution in [0.4, 0.5) is 0 Å². The monoisotopic (exact) mass is 277 g/mol. The number of benzene rings is 1. The molecular formula is C16H23NO3. The Balaban J connectivity index is 2.20. The van der Waals surface area contributed by atoms with E-state index in [1.54, 1.807) is 7.11 Å². The van der Waals surface area contributed by atoms with Crippen LogP contribution in [-0.2, 0) is 4.79 Å². The van der Waals surface area contributed by atoms with Crippen molar-refractivity contribution in [3.63, 3.8) is 0 Å². The first-order chi connectivity index (χ1) is 9.78. The smallest absolute Gasteiger partial charge is 0.161 e. The van der Waals surface area contributed by atoms with Gasteiger partial charge in [-0.05, 0) is 49.9 Å². The number of rotatable bonds is 7. The molecule has 0 aromatic heterocycles. The maximum atomic E-state index is 10.7. The van der Waals surface area contributed by atoms with Gasteiger partial charge in [-0.3, -0.25) is 0 Å². The average Bonchev–Trinajstić information content (AvgIpc) is 2.97. The van der Waals surface area contributed by atoms with Crippen molar-refractivity contribution in [3.05, 3.63) is 23.8 Å². The second-order valence-electron chi connectivity index (χ2n) is 5.27. The van der Waals surface area contributed by atoms with Crippen LogP contribution in [0.5, 0.6) is 11.5 Å². The first-order valence-corrected chi connectivity index (χ1v) is 7.26. The molecule has 4 nitrogen and oxygen atoms in total. The molecule has 0 heterocycles. The van der Waals surface area contributed by atoms with Crippen LogP contribution in [0.25, 0.3) is 0 Å². The molecule has 20 heavy (non-hydrogen) atoms. The van der Waals surface area contributed by atoms with Crippen LogP contribution >= 0.6 is 0 Å². The van der Waals surface area contributed by atoms with Crippen molar-refractivity contribution >= 4 is 6.29 Å². The quantitative estimate of drug-likeness (QED) is 0.778. The molecule has 0 saturated heterocycles. The summed E-state index contributed by atoms with van der Waals surface area (Å²) in [6, 6.07) is 5.83. The number of nitrogens with two attached hydrogens (primary N) is 1. The summed E-state index contributed by atoms with van der Waals surface area (Å²) in [7, 11) is 1.64. The lowest BCUT2D eigenvalue weighted by Gasteiger charge is -2.19. The van der Waals surface area contributed by atoms with E-state index >= 15 is 0 Å². The van der Waals surface area contributed by atoms with Crippen LogP contribution in [0.2, 0.25) is 0 Å². The molecule has 4 heteroatoms. The molecule has 1 saturated carbocycles. The van der Waals surface area contributed by atoms with E-state index in [-0.39, 0.29) is 12.0 Å². The average molecular weight is 277 g/mol.